The normalized spacial score (nSPS) is 18.0. The summed E-state index contributed by atoms with van der Waals surface area (Å²) in [4.78, 5) is 53.1. The van der Waals surface area contributed by atoms with Gasteiger partial charge in [-0.05, 0) is 88.2 Å². The number of hydrogen-bond acceptors (Lipinski definition) is 5. The van der Waals surface area contributed by atoms with Gasteiger partial charge in [0.1, 0.15) is 6.54 Å². The first-order valence-electron chi connectivity index (χ1n) is 27.1. The highest BCUT2D eigenvalue weighted by molar-refractivity contribution is 5.94. The van der Waals surface area contributed by atoms with Crippen molar-refractivity contribution in [2.24, 2.45) is 41.2 Å². The minimum atomic E-state index is -0.957. The Hall–Kier alpha value is -3.79. The predicted octanol–water partition coefficient (Wildman–Crippen LogP) is 11.9. The Bertz CT molecular complexity index is 1640. The molecule has 1 saturated carbocycles. The number of amides is 2. The molecule has 10 heteroatoms. The van der Waals surface area contributed by atoms with E-state index in [2.05, 4.69) is 68.4 Å². The molecule has 0 radical (unpaired) electrons. The van der Waals surface area contributed by atoms with Gasteiger partial charge in [0.05, 0.1) is 45.6 Å². The molecule has 1 aliphatic carbocycles. The summed E-state index contributed by atoms with van der Waals surface area (Å²) in [5.74, 6) is -3.88. The number of aryl methyl sites for hydroxylation is 1. The molecular formula is C57H96N4O6+2. The maximum atomic E-state index is 14.3. The lowest BCUT2D eigenvalue weighted by atomic mass is 9.74. The number of carboxylic acids is 1. The molecule has 67 heavy (non-hydrogen) atoms. The number of pyridine rings is 1. The van der Waals surface area contributed by atoms with Crippen LogP contribution in [0.1, 0.15) is 198 Å². The molecule has 7 unspecified atom stereocenters. The largest absolute Gasteiger partial charge is 0.481 e. The van der Waals surface area contributed by atoms with E-state index in [9.17, 15) is 24.3 Å². The van der Waals surface area contributed by atoms with Crippen molar-refractivity contribution in [3.05, 3.63) is 66.5 Å². The molecule has 1 aromatic heterocycles. The van der Waals surface area contributed by atoms with Crippen LogP contribution >= 0.6 is 0 Å². The standard InChI is InChI=1S/C57H94N4O6/c1-6-8-9-10-11-12-16-19-22-31-38-61(4,5)45-46(3)40-50(57(66)67-39-32-23-20-17-14-13-15-18-21-28-35-60-36-29-25-30-37-60)41-49-42-51(59-55(63)48-33-26-24-27-34-48)44-52(49)53(56(64)65)43-47(7-2)54(58)62/h24-27,29-30,33-34,36-37,46-47,49-53H,6-23,28,31-32,35,38-45H2,1-5H3,(H2-2,58,59,62,63,64,65)/p+2. The molecule has 1 fully saturated rings. The Morgan fingerprint density at radius 1 is 0.731 bits per heavy atom. The molecule has 4 N–H and O–H groups in total. The number of aromatic nitrogens is 1. The smallest absolute Gasteiger partial charge is 0.308 e. The summed E-state index contributed by atoms with van der Waals surface area (Å²) in [6.07, 6.45) is 31.9. The number of benzene rings is 1. The van der Waals surface area contributed by atoms with Crippen LogP contribution in [0.4, 0.5) is 0 Å². The number of nitrogens with one attached hydrogen (secondary N) is 1. The fraction of sp³-hybridized carbons (Fsp3) is 0.737. The van der Waals surface area contributed by atoms with Crippen molar-refractivity contribution in [3.63, 3.8) is 0 Å². The van der Waals surface area contributed by atoms with Crippen LogP contribution in [0.2, 0.25) is 0 Å². The zero-order chi connectivity index (χ0) is 48.7. The molecule has 1 aliphatic rings. The molecule has 0 spiro atoms. The van der Waals surface area contributed by atoms with Crippen molar-refractivity contribution < 1.29 is 38.1 Å². The molecule has 378 valence electrons. The summed E-state index contributed by atoms with van der Waals surface area (Å²) >= 11 is 0. The van der Waals surface area contributed by atoms with Crippen LogP contribution in [0, 0.1) is 35.5 Å². The average Bonchev–Trinajstić information content (AvgIpc) is 3.69. The zero-order valence-electron chi connectivity index (χ0n) is 43.0. The first-order valence-corrected chi connectivity index (χ1v) is 27.1. The van der Waals surface area contributed by atoms with E-state index in [1.165, 1.54) is 109 Å². The van der Waals surface area contributed by atoms with E-state index in [1.807, 2.05) is 25.1 Å². The minimum absolute atomic E-state index is 0.145. The lowest BCUT2D eigenvalue weighted by molar-refractivity contribution is -0.893. The quantitative estimate of drug-likeness (QED) is 0.0264. The third kappa shape index (κ3) is 24.4. The van der Waals surface area contributed by atoms with Gasteiger partial charge in [-0.2, -0.15) is 0 Å². The van der Waals surface area contributed by atoms with Crippen LogP contribution in [0.5, 0.6) is 0 Å². The number of nitrogens with two attached hydrogens (primary N) is 1. The number of aliphatic carboxylic acids is 1. The molecular weight excluding hydrogens is 837 g/mol. The van der Waals surface area contributed by atoms with Crippen molar-refractivity contribution in [3.8, 4) is 0 Å². The molecule has 0 aliphatic heterocycles. The van der Waals surface area contributed by atoms with E-state index in [0.29, 0.717) is 44.3 Å². The number of esters is 1. The topological polar surface area (TPSA) is 140 Å². The molecule has 1 heterocycles. The summed E-state index contributed by atoms with van der Waals surface area (Å²) in [6, 6.07) is 15.0. The highest BCUT2D eigenvalue weighted by atomic mass is 16.5. The summed E-state index contributed by atoms with van der Waals surface area (Å²) in [5, 5.41) is 13.9. The number of quaternary nitrogens is 1. The van der Waals surface area contributed by atoms with E-state index in [4.69, 9.17) is 10.5 Å². The summed E-state index contributed by atoms with van der Waals surface area (Å²) in [5.41, 5.74) is 6.32. The second-order valence-electron chi connectivity index (χ2n) is 21.2. The van der Waals surface area contributed by atoms with E-state index < -0.39 is 29.6 Å². The molecule has 0 saturated heterocycles. The van der Waals surface area contributed by atoms with Crippen molar-refractivity contribution in [1.29, 1.82) is 0 Å². The highest BCUT2D eigenvalue weighted by Gasteiger charge is 2.45. The number of carboxylic acid groups (broad SMARTS) is 1. The Labute approximate surface area is 407 Å². The van der Waals surface area contributed by atoms with Gasteiger partial charge in [0.25, 0.3) is 5.91 Å². The lowest BCUT2D eigenvalue weighted by Crippen LogP contribution is -2.44. The maximum Gasteiger partial charge on any atom is 0.308 e. The van der Waals surface area contributed by atoms with Gasteiger partial charge in [0.15, 0.2) is 12.4 Å². The molecule has 0 bridgehead atoms. The van der Waals surface area contributed by atoms with Crippen LogP contribution in [0.15, 0.2) is 60.9 Å². The Kier molecular flexibility index (Phi) is 28.9. The van der Waals surface area contributed by atoms with Crippen molar-refractivity contribution in [2.45, 2.75) is 200 Å². The van der Waals surface area contributed by atoms with Gasteiger partial charge in [-0.3, -0.25) is 19.2 Å². The SMILES string of the molecule is CCCCCCCCCCCC[N+](C)(C)CC(C)CC(CC1CC(NC(=O)c2ccccc2)CC1C(CC(CC)C(N)=O)C(=O)O)C(=O)OCCCCCCCCCCCC[n+]1ccccc1. The van der Waals surface area contributed by atoms with E-state index in [0.717, 1.165) is 43.4 Å². The third-order valence-corrected chi connectivity index (χ3v) is 14.8. The van der Waals surface area contributed by atoms with Crippen molar-refractivity contribution >= 4 is 23.8 Å². The number of carbonyl (C=O) groups excluding carboxylic acids is 3. The number of hydrogen-bond donors (Lipinski definition) is 3. The van der Waals surface area contributed by atoms with E-state index in [-0.39, 0.29) is 42.1 Å². The van der Waals surface area contributed by atoms with Gasteiger partial charge in [-0.1, -0.05) is 141 Å². The van der Waals surface area contributed by atoms with Gasteiger partial charge in [0, 0.05) is 42.0 Å². The molecule has 2 aromatic rings. The Morgan fingerprint density at radius 3 is 1.85 bits per heavy atom. The van der Waals surface area contributed by atoms with Gasteiger partial charge in [-0.25, -0.2) is 4.57 Å². The first-order chi connectivity index (χ1) is 32.3. The number of ether oxygens (including phenoxy) is 1. The molecule has 2 amide bonds. The van der Waals surface area contributed by atoms with Crippen molar-refractivity contribution in [2.75, 3.05) is 33.8 Å². The molecule has 10 nitrogen and oxygen atoms in total. The number of primary amides is 1. The number of unbranched alkanes of at least 4 members (excludes halogenated alkanes) is 18. The zero-order valence-corrected chi connectivity index (χ0v) is 43.0. The Balaban J connectivity index is 1.62. The van der Waals surface area contributed by atoms with Crippen LogP contribution < -0.4 is 15.6 Å². The second kappa shape index (κ2) is 33.7. The van der Waals surface area contributed by atoms with Crippen LogP contribution in [-0.4, -0.2) is 73.2 Å². The molecule has 7 atom stereocenters. The average molecular weight is 933 g/mol. The maximum absolute atomic E-state index is 14.3. The molecule has 3 rings (SSSR count). The Morgan fingerprint density at radius 2 is 1.28 bits per heavy atom. The van der Waals surface area contributed by atoms with Gasteiger partial charge in [-0.15, -0.1) is 0 Å². The predicted molar refractivity (Wildman–Crippen MR) is 272 cm³/mol. The minimum Gasteiger partial charge on any atom is -0.481 e. The lowest BCUT2D eigenvalue weighted by Gasteiger charge is -2.34. The summed E-state index contributed by atoms with van der Waals surface area (Å²) in [6.45, 7) is 9.88. The van der Waals surface area contributed by atoms with Crippen LogP contribution in [-0.2, 0) is 25.7 Å². The fourth-order valence-electron chi connectivity index (χ4n) is 11.0. The van der Waals surface area contributed by atoms with Gasteiger partial charge in [0.2, 0.25) is 5.91 Å². The van der Waals surface area contributed by atoms with Gasteiger partial charge >= 0.3 is 11.9 Å². The fourth-order valence-corrected chi connectivity index (χ4v) is 11.0. The summed E-state index contributed by atoms with van der Waals surface area (Å²) < 4.78 is 9.25. The number of rotatable bonds is 39. The van der Waals surface area contributed by atoms with E-state index >= 15 is 0 Å². The van der Waals surface area contributed by atoms with Crippen LogP contribution in [0.25, 0.3) is 0 Å². The van der Waals surface area contributed by atoms with Crippen LogP contribution in [0.3, 0.4) is 0 Å². The highest BCUT2D eigenvalue weighted by Crippen LogP contribution is 2.44. The van der Waals surface area contributed by atoms with Crippen molar-refractivity contribution in [1.82, 2.24) is 5.32 Å². The second-order valence-corrected chi connectivity index (χ2v) is 21.2. The number of nitrogens with zero attached hydrogens (tertiary/aromatic N) is 2. The molecule has 1 aromatic carbocycles. The first kappa shape index (κ1) is 57.5. The number of carbonyl (C=O) groups is 4. The van der Waals surface area contributed by atoms with E-state index in [1.54, 1.807) is 12.1 Å². The third-order valence-electron chi connectivity index (χ3n) is 14.8. The monoisotopic (exact) mass is 933 g/mol. The van der Waals surface area contributed by atoms with Gasteiger partial charge < -0.3 is 25.4 Å². The summed E-state index contributed by atoms with van der Waals surface area (Å²) in [7, 11) is 4.61.